The molecule has 6 heteroatoms. The Labute approximate surface area is 144 Å². The van der Waals surface area contributed by atoms with Crippen LogP contribution >= 0.6 is 11.6 Å². The van der Waals surface area contributed by atoms with Crippen molar-refractivity contribution in [2.75, 3.05) is 11.9 Å². The van der Waals surface area contributed by atoms with Gasteiger partial charge in [-0.05, 0) is 30.7 Å². The number of carbonyl (C=O) groups is 1. The van der Waals surface area contributed by atoms with Crippen LogP contribution in [0.1, 0.15) is 23.1 Å². The standard InChI is InChI=1S/C18H16ClN3O2/c1-10-6-11-7-15(22-17(11)20-9-10)13-8-12(2-3-14(13)19)21-18(23)16-4-5-24-16/h2-3,6,8-9,16H,4-5,7H2,1H3,(H,21,23). The molecule has 1 atom stereocenters. The number of benzene rings is 1. The van der Waals surface area contributed by atoms with Gasteiger partial charge in [0.1, 0.15) is 6.10 Å². The molecule has 24 heavy (non-hydrogen) atoms. The number of nitrogens with one attached hydrogen (secondary N) is 1. The van der Waals surface area contributed by atoms with Crippen LogP contribution in [-0.4, -0.2) is 29.3 Å². The highest BCUT2D eigenvalue weighted by Crippen LogP contribution is 2.31. The van der Waals surface area contributed by atoms with Crippen LogP contribution in [0.4, 0.5) is 11.5 Å². The number of amides is 1. The number of fused-ring (bicyclic) bond motifs is 1. The number of rotatable bonds is 3. The molecule has 0 spiro atoms. The van der Waals surface area contributed by atoms with Crippen molar-refractivity contribution in [2.24, 2.45) is 4.99 Å². The van der Waals surface area contributed by atoms with E-state index < -0.39 is 0 Å². The largest absolute Gasteiger partial charge is 0.368 e. The molecule has 1 unspecified atom stereocenters. The zero-order valence-corrected chi connectivity index (χ0v) is 13.9. The van der Waals surface area contributed by atoms with Gasteiger partial charge in [-0.25, -0.2) is 9.98 Å². The first kappa shape index (κ1) is 15.3. The summed E-state index contributed by atoms with van der Waals surface area (Å²) in [5.74, 6) is 0.618. The highest BCUT2D eigenvalue weighted by molar-refractivity contribution is 6.34. The summed E-state index contributed by atoms with van der Waals surface area (Å²) in [5.41, 5.74) is 4.58. The van der Waals surface area contributed by atoms with Crippen molar-refractivity contribution in [1.82, 2.24) is 4.98 Å². The topological polar surface area (TPSA) is 63.6 Å². The van der Waals surface area contributed by atoms with E-state index in [-0.39, 0.29) is 12.0 Å². The summed E-state index contributed by atoms with van der Waals surface area (Å²) in [4.78, 5) is 21.0. The maximum absolute atomic E-state index is 12.0. The Morgan fingerprint density at radius 2 is 2.21 bits per heavy atom. The number of aliphatic imine (C=N–C) groups is 1. The molecule has 1 aromatic carbocycles. The number of nitrogens with zero attached hydrogens (tertiary/aromatic N) is 2. The van der Waals surface area contributed by atoms with Crippen molar-refractivity contribution in [2.45, 2.75) is 25.9 Å². The van der Waals surface area contributed by atoms with Crippen LogP contribution < -0.4 is 5.32 Å². The van der Waals surface area contributed by atoms with Crippen LogP contribution in [0.15, 0.2) is 35.5 Å². The van der Waals surface area contributed by atoms with Gasteiger partial charge in [-0.15, -0.1) is 0 Å². The molecule has 1 amide bonds. The number of anilines is 1. The van der Waals surface area contributed by atoms with Gasteiger partial charge in [-0.3, -0.25) is 4.79 Å². The fraction of sp³-hybridized carbons (Fsp3) is 0.278. The Kier molecular flexibility index (Phi) is 3.82. The Balaban J connectivity index is 1.59. The van der Waals surface area contributed by atoms with Gasteiger partial charge in [0.05, 0.1) is 12.3 Å². The van der Waals surface area contributed by atoms with Crippen molar-refractivity contribution in [3.63, 3.8) is 0 Å². The van der Waals surface area contributed by atoms with Crippen LogP contribution in [-0.2, 0) is 16.0 Å². The van der Waals surface area contributed by atoms with Gasteiger partial charge in [0.2, 0.25) is 0 Å². The molecule has 1 fully saturated rings. The van der Waals surface area contributed by atoms with Gasteiger partial charge in [0, 0.05) is 40.9 Å². The van der Waals surface area contributed by atoms with E-state index in [4.69, 9.17) is 16.3 Å². The van der Waals surface area contributed by atoms with Gasteiger partial charge < -0.3 is 10.1 Å². The van der Waals surface area contributed by atoms with Gasteiger partial charge >= 0.3 is 0 Å². The number of aryl methyl sites for hydroxylation is 1. The Bertz CT molecular complexity index is 859. The Morgan fingerprint density at radius 1 is 1.38 bits per heavy atom. The molecule has 5 nitrogen and oxygen atoms in total. The van der Waals surface area contributed by atoms with Crippen molar-refractivity contribution >= 4 is 34.7 Å². The number of aromatic nitrogens is 1. The predicted molar refractivity (Wildman–Crippen MR) is 93.3 cm³/mol. The molecule has 0 bridgehead atoms. The van der Waals surface area contributed by atoms with E-state index in [1.54, 1.807) is 12.1 Å². The lowest BCUT2D eigenvalue weighted by molar-refractivity contribution is -0.139. The van der Waals surface area contributed by atoms with Crippen LogP contribution in [0.5, 0.6) is 0 Å². The number of hydrogen-bond acceptors (Lipinski definition) is 4. The summed E-state index contributed by atoms with van der Waals surface area (Å²) in [7, 11) is 0. The molecule has 1 aromatic heterocycles. The van der Waals surface area contributed by atoms with E-state index in [0.29, 0.717) is 23.7 Å². The molecule has 1 N–H and O–H groups in total. The number of pyridine rings is 1. The van der Waals surface area contributed by atoms with E-state index >= 15 is 0 Å². The molecule has 0 saturated carbocycles. The molecular weight excluding hydrogens is 326 g/mol. The summed E-state index contributed by atoms with van der Waals surface area (Å²) in [5, 5.41) is 3.48. The zero-order chi connectivity index (χ0) is 16.7. The third-order valence-corrected chi connectivity index (χ3v) is 4.54. The normalized spacial score (nSPS) is 18.6. The van der Waals surface area contributed by atoms with Crippen molar-refractivity contribution in [3.8, 4) is 0 Å². The predicted octanol–water partition coefficient (Wildman–Crippen LogP) is 3.45. The van der Waals surface area contributed by atoms with Crippen LogP contribution in [0, 0.1) is 6.92 Å². The van der Waals surface area contributed by atoms with E-state index in [2.05, 4.69) is 21.4 Å². The highest BCUT2D eigenvalue weighted by Gasteiger charge is 2.26. The average molecular weight is 342 g/mol. The molecule has 1 saturated heterocycles. The SMILES string of the molecule is Cc1cnc2c(c1)CC(c1cc(NC(=O)C3CCO3)ccc1Cl)=N2. The first-order valence-electron chi connectivity index (χ1n) is 7.85. The lowest BCUT2D eigenvalue weighted by Gasteiger charge is -2.25. The number of hydrogen-bond donors (Lipinski definition) is 1. The second-order valence-corrected chi connectivity index (χ2v) is 6.47. The number of halogens is 1. The van der Waals surface area contributed by atoms with Gasteiger partial charge in [-0.2, -0.15) is 0 Å². The maximum atomic E-state index is 12.0. The average Bonchev–Trinajstić information content (AvgIpc) is 2.90. The minimum atomic E-state index is -0.343. The van der Waals surface area contributed by atoms with E-state index in [9.17, 15) is 4.79 Å². The molecule has 2 aliphatic rings. The van der Waals surface area contributed by atoms with Gasteiger partial charge in [-0.1, -0.05) is 17.7 Å². The molecular formula is C18H16ClN3O2. The van der Waals surface area contributed by atoms with Crippen molar-refractivity contribution in [3.05, 3.63) is 52.2 Å². The fourth-order valence-electron chi connectivity index (χ4n) is 2.85. The summed E-state index contributed by atoms with van der Waals surface area (Å²) in [6, 6.07) is 7.51. The summed E-state index contributed by atoms with van der Waals surface area (Å²) in [6.07, 6.45) is 2.92. The lowest BCUT2D eigenvalue weighted by Crippen LogP contribution is -2.38. The number of ether oxygens (including phenoxy) is 1. The third kappa shape index (κ3) is 2.81. The molecule has 0 aliphatic carbocycles. The fourth-order valence-corrected chi connectivity index (χ4v) is 3.07. The summed E-state index contributed by atoms with van der Waals surface area (Å²) >= 11 is 6.35. The van der Waals surface area contributed by atoms with Crippen LogP contribution in [0.3, 0.4) is 0 Å². The summed E-state index contributed by atoms with van der Waals surface area (Å²) in [6.45, 7) is 2.66. The molecule has 4 rings (SSSR count). The molecule has 0 radical (unpaired) electrons. The van der Waals surface area contributed by atoms with E-state index in [1.165, 1.54) is 0 Å². The van der Waals surface area contributed by atoms with E-state index in [1.807, 2.05) is 19.2 Å². The smallest absolute Gasteiger partial charge is 0.253 e. The van der Waals surface area contributed by atoms with Crippen LogP contribution in [0.2, 0.25) is 5.02 Å². The molecule has 3 heterocycles. The minimum Gasteiger partial charge on any atom is -0.368 e. The number of carbonyl (C=O) groups excluding carboxylic acids is 1. The van der Waals surface area contributed by atoms with Crippen molar-refractivity contribution < 1.29 is 9.53 Å². The van der Waals surface area contributed by atoms with Crippen LogP contribution in [0.25, 0.3) is 0 Å². The van der Waals surface area contributed by atoms with E-state index in [0.717, 1.165) is 34.6 Å². The monoisotopic (exact) mass is 341 g/mol. The second-order valence-electron chi connectivity index (χ2n) is 6.06. The Hall–Kier alpha value is -2.24. The molecule has 122 valence electrons. The minimum absolute atomic E-state index is 0.122. The summed E-state index contributed by atoms with van der Waals surface area (Å²) < 4.78 is 5.20. The second kappa shape index (κ2) is 6.00. The highest BCUT2D eigenvalue weighted by atomic mass is 35.5. The zero-order valence-electron chi connectivity index (χ0n) is 13.2. The quantitative estimate of drug-likeness (QED) is 0.930. The first-order valence-corrected chi connectivity index (χ1v) is 8.23. The Morgan fingerprint density at radius 3 is 2.96 bits per heavy atom. The molecule has 2 aromatic rings. The van der Waals surface area contributed by atoms with Gasteiger partial charge in [0.15, 0.2) is 5.82 Å². The maximum Gasteiger partial charge on any atom is 0.253 e. The lowest BCUT2D eigenvalue weighted by atomic mass is 10.0. The molecule has 2 aliphatic heterocycles. The first-order chi connectivity index (χ1) is 11.6. The third-order valence-electron chi connectivity index (χ3n) is 4.21. The van der Waals surface area contributed by atoms with Crippen molar-refractivity contribution in [1.29, 1.82) is 0 Å². The van der Waals surface area contributed by atoms with Gasteiger partial charge in [0.25, 0.3) is 5.91 Å².